The van der Waals surface area contributed by atoms with Crippen molar-refractivity contribution in [3.63, 3.8) is 0 Å². The SMILES string of the molecule is Cc1cc(C)nc(NC(C(=O)NCCCC2(C(N)=O)CC2)C(C)C)c1. The average Bonchev–Trinajstić information content (AvgIpc) is 3.29. The Morgan fingerprint density at radius 3 is 2.48 bits per heavy atom. The van der Waals surface area contributed by atoms with E-state index in [1.54, 1.807) is 0 Å². The normalized spacial score (nSPS) is 16.4. The van der Waals surface area contributed by atoms with Crippen molar-refractivity contribution in [3.8, 4) is 0 Å². The van der Waals surface area contributed by atoms with Crippen LogP contribution >= 0.6 is 0 Å². The third kappa shape index (κ3) is 5.18. The van der Waals surface area contributed by atoms with Gasteiger partial charge in [0, 0.05) is 17.7 Å². The van der Waals surface area contributed by atoms with Crippen LogP contribution < -0.4 is 16.4 Å². The molecule has 25 heavy (non-hydrogen) atoms. The van der Waals surface area contributed by atoms with Crippen molar-refractivity contribution in [2.24, 2.45) is 17.1 Å². The lowest BCUT2D eigenvalue weighted by Crippen LogP contribution is -2.43. The number of hydrogen-bond donors (Lipinski definition) is 3. The molecule has 1 atom stereocenters. The summed E-state index contributed by atoms with van der Waals surface area (Å²) >= 11 is 0. The molecule has 1 aromatic heterocycles. The number of hydrogen-bond acceptors (Lipinski definition) is 4. The van der Waals surface area contributed by atoms with Gasteiger partial charge in [0.05, 0.1) is 0 Å². The van der Waals surface area contributed by atoms with Gasteiger partial charge in [0.2, 0.25) is 11.8 Å². The van der Waals surface area contributed by atoms with Crippen LogP contribution in [0, 0.1) is 25.2 Å². The van der Waals surface area contributed by atoms with Crippen molar-refractivity contribution >= 4 is 17.6 Å². The number of primary amides is 1. The van der Waals surface area contributed by atoms with Gasteiger partial charge in [0.25, 0.3) is 0 Å². The fraction of sp³-hybridized carbons (Fsp3) is 0.632. The van der Waals surface area contributed by atoms with Crippen molar-refractivity contribution in [2.45, 2.75) is 59.4 Å². The lowest BCUT2D eigenvalue weighted by Gasteiger charge is -2.23. The molecule has 0 bridgehead atoms. The van der Waals surface area contributed by atoms with E-state index >= 15 is 0 Å². The van der Waals surface area contributed by atoms with Gasteiger partial charge in [-0.05, 0) is 63.1 Å². The molecule has 1 aliphatic rings. The van der Waals surface area contributed by atoms with Crippen LogP contribution in [0.2, 0.25) is 0 Å². The van der Waals surface area contributed by atoms with E-state index in [1.165, 1.54) is 0 Å². The summed E-state index contributed by atoms with van der Waals surface area (Å²) < 4.78 is 0. The smallest absolute Gasteiger partial charge is 0.242 e. The van der Waals surface area contributed by atoms with Crippen LogP contribution in [-0.4, -0.2) is 29.4 Å². The summed E-state index contributed by atoms with van der Waals surface area (Å²) in [6.45, 7) is 8.52. The Kier molecular flexibility index (Phi) is 6.03. The van der Waals surface area contributed by atoms with E-state index in [1.807, 2.05) is 39.8 Å². The zero-order valence-electron chi connectivity index (χ0n) is 15.7. The number of amides is 2. The van der Waals surface area contributed by atoms with Crippen LogP contribution in [0.25, 0.3) is 0 Å². The third-order valence-corrected chi connectivity index (χ3v) is 4.86. The Bertz CT molecular complexity index is 618. The van der Waals surface area contributed by atoms with E-state index in [2.05, 4.69) is 15.6 Å². The maximum atomic E-state index is 12.5. The fourth-order valence-electron chi connectivity index (χ4n) is 3.13. The highest BCUT2D eigenvalue weighted by Crippen LogP contribution is 2.49. The first-order chi connectivity index (χ1) is 11.7. The molecule has 4 N–H and O–H groups in total. The second kappa shape index (κ2) is 7.85. The Morgan fingerprint density at radius 2 is 1.96 bits per heavy atom. The van der Waals surface area contributed by atoms with E-state index in [-0.39, 0.29) is 29.2 Å². The quantitative estimate of drug-likeness (QED) is 0.598. The van der Waals surface area contributed by atoms with Gasteiger partial charge in [0.15, 0.2) is 0 Å². The van der Waals surface area contributed by atoms with Crippen molar-refractivity contribution < 1.29 is 9.59 Å². The number of pyridine rings is 1. The molecule has 2 amide bonds. The number of carbonyl (C=O) groups is 2. The number of aromatic nitrogens is 1. The van der Waals surface area contributed by atoms with Gasteiger partial charge < -0.3 is 16.4 Å². The van der Waals surface area contributed by atoms with Gasteiger partial charge in [-0.15, -0.1) is 0 Å². The standard InChI is InChI=1S/C19H30N4O2/c1-12(2)16(23-15-11-13(3)10-14(4)22-15)17(24)21-9-5-6-19(7-8-19)18(20)25/h10-12,16H,5-9H2,1-4H3,(H2,20,25)(H,21,24)(H,22,23). The molecule has 0 spiro atoms. The number of nitrogens with zero attached hydrogens (tertiary/aromatic N) is 1. The van der Waals surface area contributed by atoms with Crippen LogP contribution in [0.4, 0.5) is 5.82 Å². The highest BCUT2D eigenvalue weighted by molar-refractivity contribution is 5.85. The minimum Gasteiger partial charge on any atom is -0.369 e. The summed E-state index contributed by atoms with van der Waals surface area (Å²) in [5.74, 6) is 0.598. The zero-order chi connectivity index (χ0) is 18.6. The van der Waals surface area contributed by atoms with E-state index in [0.29, 0.717) is 6.54 Å². The van der Waals surface area contributed by atoms with Gasteiger partial charge in [-0.2, -0.15) is 0 Å². The molecule has 1 aliphatic carbocycles. The number of aryl methyl sites for hydroxylation is 2. The zero-order valence-corrected chi connectivity index (χ0v) is 15.7. The van der Waals surface area contributed by atoms with Crippen LogP contribution in [0.15, 0.2) is 12.1 Å². The average molecular weight is 346 g/mol. The second-order valence-corrected chi connectivity index (χ2v) is 7.58. The van der Waals surface area contributed by atoms with Crippen molar-refractivity contribution in [1.29, 1.82) is 0 Å². The lowest BCUT2D eigenvalue weighted by atomic mass is 9.99. The summed E-state index contributed by atoms with van der Waals surface area (Å²) in [5.41, 5.74) is 7.16. The number of carbonyl (C=O) groups excluding carboxylic acids is 2. The number of rotatable bonds is 9. The molecule has 0 radical (unpaired) electrons. The van der Waals surface area contributed by atoms with Crippen molar-refractivity contribution in [3.05, 3.63) is 23.4 Å². The topological polar surface area (TPSA) is 97.1 Å². The molecular weight excluding hydrogens is 316 g/mol. The van der Waals surface area contributed by atoms with Crippen molar-refractivity contribution in [2.75, 3.05) is 11.9 Å². The number of nitrogens with one attached hydrogen (secondary N) is 2. The van der Waals surface area contributed by atoms with E-state index < -0.39 is 0 Å². The van der Waals surface area contributed by atoms with Crippen LogP contribution in [0.5, 0.6) is 0 Å². The Morgan fingerprint density at radius 1 is 1.28 bits per heavy atom. The van der Waals surface area contributed by atoms with E-state index in [0.717, 1.165) is 42.8 Å². The van der Waals surface area contributed by atoms with Gasteiger partial charge in [-0.25, -0.2) is 4.98 Å². The predicted molar refractivity (Wildman–Crippen MR) is 99.1 cm³/mol. The Hall–Kier alpha value is -2.11. The Labute approximate surface area is 150 Å². The first-order valence-electron chi connectivity index (χ1n) is 9.03. The van der Waals surface area contributed by atoms with E-state index in [4.69, 9.17) is 5.73 Å². The Balaban J connectivity index is 1.86. The summed E-state index contributed by atoms with van der Waals surface area (Å²) in [6.07, 6.45) is 3.28. The van der Waals surface area contributed by atoms with Gasteiger partial charge >= 0.3 is 0 Å². The molecule has 0 saturated heterocycles. The largest absolute Gasteiger partial charge is 0.369 e. The highest BCUT2D eigenvalue weighted by atomic mass is 16.2. The second-order valence-electron chi connectivity index (χ2n) is 7.58. The van der Waals surface area contributed by atoms with Gasteiger partial charge in [-0.3, -0.25) is 9.59 Å². The highest BCUT2D eigenvalue weighted by Gasteiger charge is 2.47. The molecule has 1 saturated carbocycles. The minimum atomic E-state index is -0.347. The molecule has 138 valence electrons. The molecule has 1 heterocycles. The predicted octanol–water partition coefficient (Wildman–Crippen LogP) is 2.30. The molecule has 1 unspecified atom stereocenters. The van der Waals surface area contributed by atoms with Crippen LogP contribution in [-0.2, 0) is 9.59 Å². The summed E-state index contributed by atoms with van der Waals surface area (Å²) in [7, 11) is 0. The lowest BCUT2D eigenvalue weighted by molar-refractivity contribution is -0.123. The molecule has 6 nitrogen and oxygen atoms in total. The van der Waals surface area contributed by atoms with E-state index in [9.17, 15) is 9.59 Å². The van der Waals surface area contributed by atoms with Crippen molar-refractivity contribution in [1.82, 2.24) is 10.3 Å². The summed E-state index contributed by atoms with van der Waals surface area (Å²) in [6, 6.07) is 3.60. The maximum Gasteiger partial charge on any atom is 0.242 e. The summed E-state index contributed by atoms with van der Waals surface area (Å²) in [5, 5.41) is 6.22. The monoisotopic (exact) mass is 346 g/mol. The molecule has 0 aromatic carbocycles. The summed E-state index contributed by atoms with van der Waals surface area (Å²) in [4.78, 5) is 28.4. The van der Waals surface area contributed by atoms with Gasteiger partial charge in [0.1, 0.15) is 11.9 Å². The third-order valence-electron chi connectivity index (χ3n) is 4.86. The van der Waals surface area contributed by atoms with Gasteiger partial charge in [-0.1, -0.05) is 13.8 Å². The molecule has 6 heteroatoms. The first kappa shape index (κ1) is 19.2. The first-order valence-corrected chi connectivity index (χ1v) is 9.03. The van der Waals surface area contributed by atoms with Crippen LogP contribution in [0.3, 0.4) is 0 Å². The number of nitrogens with two attached hydrogens (primary N) is 1. The number of anilines is 1. The maximum absolute atomic E-state index is 12.5. The molecule has 0 aliphatic heterocycles. The molecular formula is C19H30N4O2. The fourth-order valence-corrected chi connectivity index (χ4v) is 3.13. The molecule has 1 aromatic rings. The minimum absolute atomic E-state index is 0.0418. The molecule has 1 fully saturated rings. The van der Waals surface area contributed by atoms with Crippen LogP contribution in [0.1, 0.15) is 50.8 Å². The molecule has 2 rings (SSSR count).